The third kappa shape index (κ3) is 15.9. The van der Waals surface area contributed by atoms with Crippen LogP contribution in [-0.2, 0) is 0 Å². The summed E-state index contributed by atoms with van der Waals surface area (Å²) in [6, 6.07) is 0. The maximum atomic E-state index is 2.32. The Morgan fingerprint density at radius 1 is 0.675 bits per heavy atom. The highest BCUT2D eigenvalue weighted by Gasteiger charge is 2.23. The predicted octanol–water partition coefficient (Wildman–Crippen LogP) is 12.5. The Hall–Kier alpha value is -3.38. The van der Waals surface area contributed by atoms with Gasteiger partial charge in [-0.2, -0.15) is 0 Å². The molecule has 0 atom stereocenters. The van der Waals surface area contributed by atoms with E-state index in [0.29, 0.717) is 0 Å². The van der Waals surface area contributed by atoms with Crippen LogP contribution in [0.2, 0.25) is 0 Å². The van der Waals surface area contributed by atoms with Crippen LogP contribution in [-0.4, -0.2) is 0 Å². The van der Waals surface area contributed by atoms with Crippen molar-refractivity contribution in [3.8, 4) is 0 Å². The van der Waals surface area contributed by atoms with Gasteiger partial charge in [-0.25, -0.2) is 0 Å². The summed E-state index contributed by atoms with van der Waals surface area (Å²) in [5, 5.41) is 0. The van der Waals surface area contributed by atoms with Gasteiger partial charge in [-0.3, -0.25) is 0 Å². The van der Waals surface area contributed by atoms with Gasteiger partial charge in [-0.15, -0.1) is 0 Å². The second-order valence-electron chi connectivity index (χ2n) is 11.9. The van der Waals surface area contributed by atoms with E-state index < -0.39 is 0 Å². The molecule has 0 aromatic carbocycles. The molecule has 0 aliphatic heterocycles. The minimum absolute atomic E-state index is 0.203. The number of rotatable bonds is 13. The summed E-state index contributed by atoms with van der Waals surface area (Å²) in [6.07, 6.45) is 42.5. The molecular formula is C40H54. The highest BCUT2D eigenvalue weighted by atomic mass is 14.3. The van der Waals surface area contributed by atoms with Crippen molar-refractivity contribution in [2.24, 2.45) is 5.41 Å². The van der Waals surface area contributed by atoms with Crippen LogP contribution in [0.1, 0.15) is 88.5 Å². The largest absolute Gasteiger partial charge is 0.0856 e. The van der Waals surface area contributed by atoms with Crippen LogP contribution in [0.15, 0.2) is 154 Å². The summed E-state index contributed by atoms with van der Waals surface area (Å²) in [7, 11) is 0. The summed E-state index contributed by atoms with van der Waals surface area (Å²) in [6.45, 7) is 21.9. The fourth-order valence-corrected chi connectivity index (χ4v) is 4.21. The molecule has 0 saturated carbocycles. The van der Waals surface area contributed by atoms with E-state index in [1.807, 2.05) is 0 Å². The lowest BCUT2D eigenvalue weighted by atomic mass is 9.75. The lowest BCUT2D eigenvalue weighted by Crippen LogP contribution is -2.16. The quantitative estimate of drug-likeness (QED) is 0.163. The van der Waals surface area contributed by atoms with Crippen LogP contribution in [0.5, 0.6) is 0 Å². The van der Waals surface area contributed by atoms with Gasteiger partial charge in [0.1, 0.15) is 0 Å². The molecule has 0 saturated heterocycles. The van der Waals surface area contributed by atoms with Crippen LogP contribution < -0.4 is 0 Å². The highest BCUT2D eigenvalue weighted by molar-refractivity contribution is 5.42. The maximum absolute atomic E-state index is 2.32. The van der Waals surface area contributed by atoms with E-state index in [-0.39, 0.29) is 5.41 Å². The minimum Gasteiger partial charge on any atom is -0.0856 e. The molecule has 0 unspecified atom stereocenters. The molecule has 0 nitrogen and oxygen atoms in total. The third-order valence-electron chi connectivity index (χ3n) is 6.76. The first kappa shape index (κ1) is 34.6. The van der Waals surface area contributed by atoms with Crippen LogP contribution in [0, 0.1) is 5.41 Å². The van der Waals surface area contributed by atoms with Crippen molar-refractivity contribution in [3.05, 3.63) is 154 Å². The number of allylic oxidation sites excluding steroid dienone is 26. The van der Waals surface area contributed by atoms with Crippen LogP contribution in [0.3, 0.4) is 0 Å². The van der Waals surface area contributed by atoms with Gasteiger partial charge in [0.25, 0.3) is 0 Å². The number of hydrogen-bond acceptors (Lipinski definition) is 0. The lowest BCUT2D eigenvalue weighted by molar-refractivity contribution is 0.456. The van der Waals surface area contributed by atoms with Gasteiger partial charge in [0.2, 0.25) is 0 Å². The molecule has 1 aliphatic rings. The molecule has 1 aliphatic carbocycles. The number of hydrogen-bond donors (Lipinski definition) is 0. The van der Waals surface area contributed by atoms with E-state index in [1.165, 1.54) is 44.6 Å². The van der Waals surface area contributed by atoms with E-state index in [9.17, 15) is 0 Å². The normalized spacial score (nSPS) is 18.1. The SMILES string of the molecule is CC(C)=CCC/C(C)=C/C=C/C(C)=C/C=C/C(C)=C/C=C/C=C(C)/C=C/C=C(C)/C=C/C1=C(C)C=CCC1(C)C. The van der Waals surface area contributed by atoms with Gasteiger partial charge >= 0.3 is 0 Å². The van der Waals surface area contributed by atoms with Gasteiger partial charge < -0.3 is 0 Å². The standard InChI is InChI=1S/C40H54/c1-32(2)18-13-21-35(5)24-15-26-36(6)25-14-22-33(3)19-11-12-20-34(4)23-16-27-37(7)29-30-39-38(8)28-17-31-40(39,9)10/h11-12,14-20,22-30H,13,21,31H2,1-10H3/b12-11+,22-14+,23-16+,26-15+,30-29+,33-19+,34-20+,35-24+,36-25+,37-27+. The van der Waals surface area contributed by atoms with Gasteiger partial charge in [0.15, 0.2) is 0 Å². The zero-order chi connectivity index (χ0) is 30.0. The first-order chi connectivity index (χ1) is 18.9. The second-order valence-corrected chi connectivity index (χ2v) is 11.9. The Morgan fingerprint density at radius 2 is 1.15 bits per heavy atom. The van der Waals surface area contributed by atoms with E-state index in [1.54, 1.807) is 0 Å². The molecule has 0 fully saturated rings. The topological polar surface area (TPSA) is 0 Å². The third-order valence-corrected chi connectivity index (χ3v) is 6.76. The van der Waals surface area contributed by atoms with Crippen molar-refractivity contribution in [1.82, 2.24) is 0 Å². The van der Waals surface area contributed by atoms with Crippen molar-refractivity contribution in [2.45, 2.75) is 88.5 Å². The van der Waals surface area contributed by atoms with Crippen molar-refractivity contribution in [2.75, 3.05) is 0 Å². The predicted molar refractivity (Wildman–Crippen MR) is 183 cm³/mol. The Morgan fingerprint density at radius 3 is 1.65 bits per heavy atom. The molecule has 0 bridgehead atoms. The summed E-state index contributed by atoms with van der Waals surface area (Å²) >= 11 is 0. The maximum Gasteiger partial charge on any atom is -0.00664 e. The molecule has 214 valence electrons. The van der Waals surface area contributed by atoms with Crippen LogP contribution >= 0.6 is 0 Å². The zero-order valence-electron chi connectivity index (χ0n) is 27.0. The summed E-state index contributed by atoms with van der Waals surface area (Å²) in [4.78, 5) is 0. The first-order valence-corrected chi connectivity index (χ1v) is 14.7. The van der Waals surface area contributed by atoms with E-state index in [0.717, 1.165) is 19.3 Å². The average molecular weight is 535 g/mol. The molecule has 0 N–H and O–H groups in total. The fourth-order valence-electron chi connectivity index (χ4n) is 4.21. The van der Waals surface area contributed by atoms with E-state index >= 15 is 0 Å². The second kappa shape index (κ2) is 18.8. The molecule has 0 aromatic heterocycles. The Bertz CT molecular complexity index is 1220. The van der Waals surface area contributed by atoms with Gasteiger partial charge in [0.05, 0.1) is 0 Å². The van der Waals surface area contributed by atoms with Gasteiger partial charge in [-0.05, 0) is 91.2 Å². The smallest absolute Gasteiger partial charge is 0.00664 e. The molecule has 0 radical (unpaired) electrons. The average Bonchev–Trinajstić information content (AvgIpc) is 2.85. The molecule has 40 heavy (non-hydrogen) atoms. The zero-order valence-corrected chi connectivity index (χ0v) is 27.0. The molecular weight excluding hydrogens is 480 g/mol. The highest BCUT2D eigenvalue weighted by Crippen LogP contribution is 2.37. The van der Waals surface area contributed by atoms with Crippen molar-refractivity contribution < 1.29 is 0 Å². The molecule has 0 heteroatoms. The molecule has 1 rings (SSSR count). The molecule has 0 spiro atoms. The first-order valence-electron chi connectivity index (χ1n) is 14.7. The lowest BCUT2D eigenvalue weighted by Gasteiger charge is -2.29. The fraction of sp³-hybridized carbons (Fsp3) is 0.350. The molecule has 0 heterocycles. The van der Waals surface area contributed by atoms with E-state index in [4.69, 9.17) is 0 Å². The van der Waals surface area contributed by atoms with Crippen LogP contribution in [0.25, 0.3) is 0 Å². The Kier molecular flexibility index (Phi) is 16.3. The molecule has 0 aromatic rings. The monoisotopic (exact) mass is 534 g/mol. The van der Waals surface area contributed by atoms with E-state index in [2.05, 4.69) is 179 Å². The summed E-state index contributed by atoms with van der Waals surface area (Å²) in [5.41, 5.74) is 10.7. The van der Waals surface area contributed by atoms with Gasteiger partial charge in [-0.1, -0.05) is 157 Å². The van der Waals surface area contributed by atoms with Crippen molar-refractivity contribution in [3.63, 3.8) is 0 Å². The molecule has 0 amide bonds. The summed E-state index contributed by atoms with van der Waals surface area (Å²) < 4.78 is 0. The van der Waals surface area contributed by atoms with Crippen LogP contribution in [0.4, 0.5) is 0 Å². The Balaban J connectivity index is 2.59. The van der Waals surface area contributed by atoms with Gasteiger partial charge in [0, 0.05) is 0 Å². The Labute approximate surface area is 247 Å². The summed E-state index contributed by atoms with van der Waals surface area (Å²) in [5.74, 6) is 0. The van der Waals surface area contributed by atoms with Crippen molar-refractivity contribution in [1.29, 1.82) is 0 Å². The van der Waals surface area contributed by atoms with Crippen molar-refractivity contribution >= 4 is 0 Å². The minimum atomic E-state index is 0.203.